The number of ketones is 1. The maximum Gasteiger partial charge on any atom is 0.416 e. The lowest BCUT2D eigenvalue weighted by Gasteiger charge is -2.08. The molecular formula is C18H14F3N3OS. The van der Waals surface area contributed by atoms with E-state index >= 15 is 0 Å². The number of Topliss-reactive ketones (excluding diaryl/α,β-unsaturated/α-hetero) is 1. The van der Waals surface area contributed by atoms with E-state index in [9.17, 15) is 18.0 Å². The van der Waals surface area contributed by atoms with E-state index in [4.69, 9.17) is 5.73 Å². The number of thiazole rings is 1. The van der Waals surface area contributed by atoms with Crippen LogP contribution in [0.4, 0.5) is 19.0 Å². The molecule has 0 atom stereocenters. The summed E-state index contributed by atoms with van der Waals surface area (Å²) in [6, 6.07) is 8.53. The van der Waals surface area contributed by atoms with Crippen molar-refractivity contribution in [2.75, 3.05) is 5.73 Å². The number of halogens is 3. The molecular weight excluding hydrogens is 363 g/mol. The van der Waals surface area contributed by atoms with Crippen LogP contribution in [0.2, 0.25) is 0 Å². The van der Waals surface area contributed by atoms with Crippen LogP contribution < -0.4 is 5.73 Å². The maximum atomic E-state index is 12.8. The predicted octanol–water partition coefficient (Wildman–Crippen LogP) is 4.62. The predicted molar refractivity (Wildman–Crippen MR) is 93.9 cm³/mol. The second kappa shape index (κ2) is 7.25. The zero-order valence-electron chi connectivity index (χ0n) is 13.5. The molecule has 0 saturated heterocycles. The smallest absolute Gasteiger partial charge is 0.382 e. The Morgan fingerprint density at radius 3 is 2.69 bits per heavy atom. The fourth-order valence-electron chi connectivity index (χ4n) is 2.42. The minimum absolute atomic E-state index is 0.0557. The van der Waals surface area contributed by atoms with Gasteiger partial charge in [0, 0.05) is 24.4 Å². The molecule has 0 aliphatic heterocycles. The van der Waals surface area contributed by atoms with Gasteiger partial charge in [-0.3, -0.25) is 9.78 Å². The average molecular weight is 377 g/mol. The molecule has 0 radical (unpaired) electrons. The van der Waals surface area contributed by atoms with Crippen LogP contribution in [0, 0.1) is 0 Å². The van der Waals surface area contributed by atoms with Crippen molar-refractivity contribution in [2.24, 2.45) is 0 Å². The number of nitrogen functional groups attached to an aromatic ring is 1. The number of carbonyl (C=O) groups excluding carboxylic acids is 1. The number of aromatic nitrogens is 2. The van der Waals surface area contributed by atoms with Crippen LogP contribution in [0.3, 0.4) is 0 Å². The van der Waals surface area contributed by atoms with Gasteiger partial charge < -0.3 is 5.73 Å². The van der Waals surface area contributed by atoms with Crippen molar-refractivity contribution in [2.45, 2.75) is 19.0 Å². The van der Waals surface area contributed by atoms with Crippen molar-refractivity contribution in [3.05, 3.63) is 64.8 Å². The second-order valence-electron chi connectivity index (χ2n) is 5.60. The molecule has 0 unspecified atom stereocenters. The Morgan fingerprint density at radius 2 is 2.00 bits per heavy atom. The summed E-state index contributed by atoms with van der Waals surface area (Å²) in [4.78, 5) is 20.9. The Morgan fingerprint density at radius 1 is 1.19 bits per heavy atom. The fourth-order valence-corrected chi connectivity index (χ4v) is 3.36. The molecule has 4 nitrogen and oxygen atoms in total. The van der Waals surface area contributed by atoms with Gasteiger partial charge in [-0.15, -0.1) is 11.3 Å². The lowest BCUT2D eigenvalue weighted by atomic mass is 10.0. The van der Waals surface area contributed by atoms with Crippen LogP contribution in [-0.4, -0.2) is 15.8 Å². The van der Waals surface area contributed by atoms with E-state index in [1.165, 1.54) is 6.07 Å². The summed E-state index contributed by atoms with van der Waals surface area (Å²) < 4.78 is 38.3. The number of pyridine rings is 1. The first-order valence-corrected chi connectivity index (χ1v) is 8.52. The summed E-state index contributed by atoms with van der Waals surface area (Å²) in [5.74, 6) is -0.115. The van der Waals surface area contributed by atoms with Crippen LogP contribution in [0.1, 0.15) is 27.2 Å². The summed E-state index contributed by atoms with van der Waals surface area (Å²) in [7, 11) is 0. The van der Waals surface area contributed by atoms with Crippen molar-refractivity contribution >= 4 is 22.9 Å². The Hall–Kier alpha value is -2.74. The van der Waals surface area contributed by atoms with Gasteiger partial charge in [-0.1, -0.05) is 18.2 Å². The van der Waals surface area contributed by atoms with E-state index in [1.807, 2.05) is 6.07 Å². The maximum absolute atomic E-state index is 12.8. The zero-order chi connectivity index (χ0) is 18.7. The third-order valence-electron chi connectivity index (χ3n) is 3.71. The number of hydrogen-bond acceptors (Lipinski definition) is 5. The van der Waals surface area contributed by atoms with Gasteiger partial charge in [0.25, 0.3) is 0 Å². The molecule has 0 saturated carbocycles. The Kier molecular flexibility index (Phi) is 5.03. The lowest BCUT2D eigenvalue weighted by molar-refractivity contribution is -0.137. The summed E-state index contributed by atoms with van der Waals surface area (Å²) in [5.41, 5.74) is 6.31. The van der Waals surface area contributed by atoms with E-state index in [0.717, 1.165) is 29.0 Å². The van der Waals surface area contributed by atoms with Crippen LogP contribution >= 0.6 is 11.3 Å². The molecule has 2 aromatic heterocycles. The highest BCUT2D eigenvalue weighted by molar-refractivity contribution is 7.17. The van der Waals surface area contributed by atoms with Gasteiger partial charge in [-0.25, -0.2) is 4.98 Å². The van der Waals surface area contributed by atoms with Crippen LogP contribution in [0.25, 0.3) is 10.6 Å². The molecule has 2 heterocycles. The van der Waals surface area contributed by atoms with Gasteiger partial charge in [-0.05, 0) is 30.2 Å². The SMILES string of the molecule is Nc1nc(-c2cccnc2)sc1C(=O)CCc1cccc(C(F)(F)F)c1. The number of benzene rings is 1. The zero-order valence-corrected chi connectivity index (χ0v) is 14.3. The van der Waals surface area contributed by atoms with E-state index < -0.39 is 11.7 Å². The Balaban J connectivity index is 1.72. The molecule has 26 heavy (non-hydrogen) atoms. The first-order valence-electron chi connectivity index (χ1n) is 7.70. The number of rotatable bonds is 5. The Labute approximate surface area is 151 Å². The molecule has 0 spiro atoms. The van der Waals surface area contributed by atoms with E-state index in [2.05, 4.69) is 9.97 Å². The van der Waals surface area contributed by atoms with E-state index in [-0.39, 0.29) is 24.4 Å². The van der Waals surface area contributed by atoms with E-state index in [0.29, 0.717) is 15.4 Å². The Bertz CT molecular complexity index is 923. The van der Waals surface area contributed by atoms with Gasteiger partial charge in [0.1, 0.15) is 15.7 Å². The topological polar surface area (TPSA) is 68.9 Å². The van der Waals surface area contributed by atoms with Crippen molar-refractivity contribution in [3.8, 4) is 10.6 Å². The largest absolute Gasteiger partial charge is 0.416 e. The van der Waals surface area contributed by atoms with Crippen LogP contribution in [0.5, 0.6) is 0 Å². The standard InChI is InChI=1S/C18H14F3N3OS/c19-18(20,21)13-5-1-3-11(9-13)6-7-14(25)15-16(22)24-17(26-15)12-4-2-8-23-10-12/h1-5,8-10H,6-7,22H2. The first-order chi connectivity index (χ1) is 12.3. The highest BCUT2D eigenvalue weighted by Crippen LogP contribution is 2.31. The average Bonchev–Trinajstić information content (AvgIpc) is 3.02. The number of aryl methyl sites for hydroxylation is 1. The lowest BCUT2D eigenvalue weighted by Crippen LogP contribution is -2.06. The highest BCUT2D eigenvalue weighted by Gasteiger charge is 2.30. The molecule has 0 amide bonds. The first kappa shape index (κ1) is 18.1. The number of carbonyl (C=O) groups is 1. The van der Waals surface area contributed by atoms with E-state index in [1.54, 1.807) is 24.5 Å². The van der Waals surface area contributed by atoms with Gasteiger partial charge in [0.05, 0.1) is 5.56 Å². The van der Waals surface area contributed by atoms with Gasteiger partial charge in [0.2, 0.25) is 0 Å². The molecule has 0 aliphatic carbocycles. The van der Waals surface area contributed by atoms with Crippen molar-refractivity contribution in [3.63, 3.8) is 0 Å². The monoisotopic (exact) mass is 377 g/mol. The van der Waals surface area contributed by atoms with Gasteiger partial charge in [0.15, 0.2) is 5.78 Å². The van der Waals surface area contributed by atoms with Crippen molar-refractivity contribution in [1.82, 2.24) is 9.97 Å². The quantitative estimate of drug-likeness (QED) is 0.659. The third kappa shape index (κ3) is 4.08. The molecule has 0 bridgehead atoms. The number of anilines is 1. The molecule has 8 heteroatoms. The molecule has 3 rings (SSSR count). The summed E-state index contributed by atoms with van der Waals surface area (Å²) in [6.07, 6.45) is -0.903. The van der Waals surface area contributed by atoms with Gasteiger partial charge in [-0.2, -0.15) is 13.2 Å². The second-order valence-corrected chi connectivity index (χ2v) is 6.60. The number of alkyl halides is 3. The molecule has 0 aliphatic rings. The van der Waals surface area contributed by atoms with Crippen LogP contribution in [0.15, 0.2) is 48.8 Å². The third-order valence-corrected chi connectivity index (χ3v) is 4.87. The van der Waals surface area contributed by atoms with Crippen molar-refractivity contribution in [1.29, 1.82) is 0 Å². The number of nitrogens with two attached hydrogens (primary N) is 1. The summed E-state index contributed by atoms with van der Waals surface area (Å²) in [6.45, 7) is 0. The van der Waals surface area contributed by atoms with Gasteiger partial charge >= 0.3 is 6.18 Å². The van der Waals surface area contributed by atoms with Crippen LogP contribution in [-0.2, 0) is 12.6 Å². The summed E-state index contributed by atoms with van der Waals surface area (Å²) in [5, 5.41) is 0.581. The number of hydrogen-bond donors (Lipinski definition) is 1. The molecule has 134 valence electrons. The fraction of sp³-hybridized carbons (Fsp3) is 0.167. The molecule has 1 aromatic carbocycles. The normalized spacial score (nSPS) is 11.5. The number of nitrogens with zero attached hydrogens (tertiary/aromatic N) is 2. The molecule has 2 N–H and O–H groups in total. The van der Waals surface area contributed by atoms with Crippen molar-refractivity contribution < 1.29 is 18.0 Å². The molecule has 0 fully saturated rings. The highest BCUT2D eigenvalue weighted by atomic mass is 32.1. The summed E-state index contributed by atoms with van der Waals surface area (Å²) >= 11 is 1.16. The minimum atomic E-state index is -4.40. The molecule has 3 aromatic rings. The minimum Gasteiger partial charge on any atom is -0.382 e.